The van der Waals surface area contributed by atoms with Crippen LogP contribution in [-0.2, 0) is 18.7 Å². The fourth-order valence-corrected chi connectivity index (χ4v) is 6.29. The fourth-order valence-electron chi connectivity index (χ4n) is 2.04. The summed E-state index contributed by atoms with van der Waals surface area (Å²) >= 11 is 0. The Labute approximate surface area is 108 Å². The molecule has 0 spiro atoms. The Morgan fingerprint density at radius 2 is 1.67 bits per heavy atom. The highest BCUT2D eigenvalue weighted by molar-refractivity contribution is 8.52. The summed E-state index contributed by atoms with van der Waals surface area (Å²) in [4.78, 5) is 0. The summed E-state index contributed by atoms with van der Waals surface area (Å²) in [5, 5.41) is 5.28. The second-order valence-corrected chi connectivity index (χ2v) is 9.88. The molecule has 1 aromatic rings. The fraction of sp³-hybridized carbons (Fsp3) is 0.455. The van der Waals surface area contributed by atoms with Crippen molar-refractivity contribution in [1.82, 2.24) is 0 Å². The van der Waals surface area contributed by atoms with E-state index in [1.165, 1.54) is 0 Å². The van der Waals surface area contributed by atoms with Crippen LogP contribution in [0.25, 0.3) is 0 Å². The van der Waals surface area contributed by atoms with Gasteiger partial charge < -0.3 is 4.52 Å². The molecule has 0 aliphatic heterocycles. The second-order valence-electron chi connectivity index (χ2n) is 4.18. The Morgan fingerprint density at radius 3 is 2.00 bits per heavy atom. The van der Waals surface area contributed by atoms with E-state index in [9.17, 15) is 13.0 Å². The monoisotopic (exact) mass is 291 g/mol. The van der Waals surface area contributed by atoms with Crippen molar-refractivity contribution in [3.05, 3.63) is 28.8 Å². The highest BCUT2D eigenvalue weighted by Gasteiger charge is 2.41. The molecule has 1 aromatic carbocycles. The maximum Gasteiger partial charge on any atom is 0.358 e. The molecule has 1 rings (SSSR count). The number of aryl methyl sites for hydroxylation is 3. The topological polar surface area (TPSA) is 86.5 Å². The minimum Gasteiger partial charge on any atom is -0.314 e. The van der Waals surface area contributed by atoms with E-state index >= 15 is 0 Å². The highest BCUT2D eigenvalue weighted by Crippen LogP contribution is 2.51. The molecule has 0 saturated heterocycles. The standard InChI is InChI=1S/C11H18NO4PS/c1-5-16-17(13,18(12,14)15)11-9(3)6-8(2)7-10(11)4/h6-7H,5H2,1-4H3,(H2,12,14,15). The first-order valence-electron chi connectivity index (χ1n) is 5.49. The van der Waals surface area contributed by atoms with E-state index in [-0.39, 0.29) is 11.9 Å². The second kappa shape index (κ2) is 5.13. The third-order valence-corrected chi connectivity index (χ3v) is 7.94. The van der Waals surface area contributed by atoms with Gasteiger partial charge >= 0.3 is 6.57 Å². The van der Waals surface area contributed by atoms with Crippen molar-refractivity contribution in [3.8, 4) is 0 Å². The van der Waals surface area contributed by atoms with Gasteiger partial charge in [-0.2, -0.15) is 0 Å². The Hall–Kier alpha value is -0.680. The smallest absolute Gasteiger partial charge is 0.314 e. The van der Waals surface area contributed by atoms with Crippen LogP contribution in [0.4, 0.5) is 0 Å². The molecule has 0 fully saturated rings. The van der Waals surface area contributed by atoms with Gasteiger partial charge in [-0.3, -0.25) is 4.57 Å². The van der Waals surface area contributed by atoms with Crippen LogP contribution in [0, 0.1) is 20.8 Å². The lowest BCUT2D eigenvalue weighted by atomic mass is 10.1. The predicted molar refractivity (Wildman–Crippen MR) is 72.6 cm³/mol. The summed E-state index contributed by atoms with van der Waals surface area (Å²) in [6.07, 6.45) is 0. The predicted octanol–water partition coefficient (Wildman–Crippen LogP) is 1.76. The van der Waals surface area contributed by atoms with Crippen LogP contribution in [-0.4, -0.2) is 15.0 Å². The van der Waals surface area contributed by atoms with Gasteiger partial charge in [-0.15, -0.1) is 0 Å². The Kier molecular flexibility index (Phi) is 4.38. The molecular formula is C11H18NO4PS. The SMILES string of the molecule is CCOP(=O)(c1c(C)cc(C)cc1C)S(N)(=O)=O. The number of rotatable bonds is 4. The van der Waals surface area contributed by atoms with Gasteiger partial charge in [-0.25, -0.2) is 13.6 Å². The molecule has 1 atom stereocenters. The Morgan fingerprint density at radius 1 is 1.22 bits per heavy atom. The third kappa shape index (κ3) is 2.67. The molecule has 0 radical (unpaired) electrons. The number of nitrogens with two attached hydrogens (primary N) is 1. The van der Waals surface area contributed by atoms with Gasteiger partial charge in [0.05, 0.1) is 11.9 Å². The summed E-state index contributed by atoms with van der Waals surface area (Å²) in [7, 11) is -4.30. The lowest BCUT2D eigenvalue weighted by Crippen LogP contribution is -2.25. The first-order chi connectivity index (χ1) is 8.13. The number of hydrogen-bond donors (Lipinski definition) is 1. The van der Waals surface area contributed by atoms with E-state index in [1.807, 2.05) is 6.92 Å². The van der Waals surface area contributed by atoms with Crippen LogP contribution in [0.5, 0.6) is 0 Å². The first-order valence-corrected chi connectivity index (χ1v) is 9.27. The van der Waals surface area contributed by atoms with Crippen molar-refractivity contribution in [1.29, 1.82) is 0 Å². The molecule has 0 heterocycles. The average Bonchev–Trinajstić information content (AvgIpc) is 2.13. The van der Waals surface area contributed by atoms with Crippen molar-refractivity contribution in [2.45, 2.75) is 27.7 Å². The Bertz CT molecular complexity index is 586. The highest BCUT2D eigenvalue weighted by atomic mass is 32.8. The summed E-state index contributed by atoms with van der Waals surface area (Å²) < 4.78 is 40.9. The molecule has 0 bridgehead atoms. The van der Waals surface area contributed by atoms with Gasteiger partial charge in [-0.1, -0.05) is 17.7 Å². The van der Waals surface area contributed by atoms with Crippen LogP contribution in [0.3, 0.4) is 0 Å². The Balaban J connectivity index is 3.66. The van der Waals surface area contributed by atoms with Gasteiger partial charge in [0.2, 0.25) is 0 Å². The third-order valence-electron chi connectivity index (χ3n) is 2.54. The minimum atomic E-state index is -4.30. The zero-order valence-corrected chi connectivity index (χ0v) is 12.6. The number of hydrogen-bond acceptors (Lipinski definition) is 4. The van der Waals surface area contributed by atoms with Crippen molar-refractivity contribution in [3.63, 3.8) is 0 Å². The van der Waals surface area contributed by atoms with E-state index in [4.69, 9.17) is 9.66 Å². The van der Waals surface area contributed by atoms with E-state index in [0.29, 0.717) is 11.1 Å². The van der Waals surface area contributed by atoms with Gasteiger partial charge in [0, 0.05) is 0 Å². The summed E-state index contributed by atoms with van der Waals surface area (Å²) in [5.41, 5.74) is 2.18. The van der Waals surface area contributed by atoms with Gasteiger partial charge in [0.25, 0.3) is 9.64 Å². The van der Waals surface area contributed by atoms with Crippen LogP contribution < -0.4 is 10.4 Å². The first kappa shape index (κ1) is 15.4. The van der Waals surface area contributed by atoms with Crippen molar-refractivity contribution in [2.75, 3.05) is 6.61 Å². The largest absolute Gasteiger partial charge is 0.358 e. The van der Waals surface area contributed by atoms with Crippen LogP contribution in [0.15, 0.2) is 12.1 Å². The van der Waals surface area contributed by atoms with E-state index in [2.05, 4.69) is 0 Å². The number of benzene rings is 1. The molecule has 18 heavy (non-hydrogen) atoms. The zero-order valence-electron chi connectivity index (χ0n) is 10.9. The molecule has 0 saturated carbocycles. The van der Waals surface area contributed by atoms with Crippen LogP contribution in [0.2, 0.25) is 0 Å². The molecule has 0 aliphatic carbocycles. The van der Waals surface area contributed by atoms with Crippen LogP contribution in [0.1, 0.15) is 23.6 Å². The summed E-state index contributed by atoms with van der Waals surface area (Å²) in [5.74, 6) is 0. The van der Waals surface area contributed by atoms with Gasteiger partial charge in [0.1, 0.15) is 0 Å². The van der Waals surface area contributed by atoms with Gasteiger partial charge in [-0.05, 0) is 38.8 Å². The lowest BCUT2D eigenvalue weighted by molar-refractivity contribution is 0.350. The summed E-state index contributed by atoms with van der Waals surface area (Å²) in [6, 6.07) is 3.53. The van der Waals surface area contributed by atoms with Crippen molar-refractivity contribution < 1.29 is 17.5 Å². The molecule has 5 nitrogen and oxygen atoms in total. The van der Waals surface area contributed by atoms with E-state index in [0.717, 1.165) is 5.56 Å². The zero-order chi connectivity index (χ0) is 14.1. The van der Waals surface area contributed by atoms with Crippen molar-refractivity contribution >= 4 is 21.5 Å². The molecule has 102 valence electrons. The van der Waals surface area contributed by atoms with E-state index in [1.54, 1.807) is 32.9 Å². The van der Waals surface area contributed by atoms with Crippen LogP contribution >= 0.6 is 6.57 Å². The average molecular weight is 291 g/mol. The molecule has 1 unspecified atom stereocenters. The molecule has 0 aliphatic rings. The molecule has 2 N–H and O–H groups in total. The minimum absolute atomic E-state index is 0.0143. The quantitative estimate of drug-likeness (QED) is 0.856. The molecule has 7 heteroatoms. The summed E-state index contributed by atoms with van der Waals surface area (Å²) in [6.45, 7) is 2.78. The molecule has 0 aromatic heterocycles. The maximum absolute atomic E-state index is 12.7. The maximum atomic E-state index is 12.7. The van der Waals surface area contributed by atoms with Gasteiger partial charge in [0.15, 0.2) is 0 Å². The molecular weight excluding hydrogens is 273 g/mol. The van der Waals surface area contributed by atoms with E-state index < -0.39 is 16.2 Å². The molecule has 0 amide bonds. The lowest BCUT2D eigenvalue weighted by Gasteiger charge is -2.20. The van der Waals surface area contributed by atoms with Crippen molar-refractivity contribution in [2.24, 2.45) is 5.14 Å². The normalized spacial score (nSPS) is 15.4.